The molecule has 0 amide bonds. The van der Waals surface area contributed by atoms with Crippen molar-refractivity contribution in [3.05, 3.63) is 59.9 Å². The highest BCUT2D eigenvalue weighted by molar-refractivity contribution is 7.92. The van der Waals surface area contributed by atoms with Gasteiger partial charge in [0.15, 0.2) is 0 Å². The molecule has 0 bridgehead atoms. The number of anilines is 2. The van der Waals surface area contributed by atoms with Crippen molar-refractivity contribution in [2.24, 2.45) is 0 Å². The number of benzene rings is 2. The lowest BCUT2D eigenvalue weighted by Crippen LogP contribution is -2.20. The lowest BCUT2D eigenvalue weighted by Gasteiger charge is -2.14. The van der Waals surface area contributed by atoms with Crippen molar-refractivity contribution in [1.82, 2.24) is 0 Å². The fourth-order valence-electron chi connectivity index (χ4n) is 2.10. The van der Waals surface area contributed by atoms with Gasteiger partial charge in [-0.1, -0.05) is 37.3 Å². The molecule has 0 aliphatic rings. The second-order valence-electron chi connectivity index (χ2n) is 4.97. The zero-order valence-electron chi connectivity index (χ0n) is 11.6. The molecule has 0 saturated heterocycles. The quantitative estimate of drug-likeness (QED) is 0.834. The number of hydrogen-bond donors (Lipinski definition) is 2. The van der Waals surface area contributed by atoms with Gasteiger partial charge in [-0.2, -0.15) is 0 Å². The van der Waals surface area contributed by atoms with E-state index in [2.05, 4.69) is 4.72 Å². The Morgan fingerprint density at radius 3 is 2.48 bits per heavy atom. The standard InChI is InChI=1S/C15H17FN2O2S/c1-11(12-5-3-2-4-6-12)10-21(19,20)18-15-8-13(16)7-14(17)9-15/h2-9,11,18H,10,17H2,1H3. The zero-order chi connectivity index (χ0) is 15.5. The first-order chi connectivity index (χ1) is 9.85. The van der Waals surface area contributed by atoms with Crippen LogP contribution in [0.2, 0.25) is 0 Å². The van der Waals surface area contributed by atoms with Crippen molar-refractivity contribution in [3.63, 3.8) is 0 Å². The molecule has 0 radical (unpaired) electrons. The molecule has 1 atom stereocenters. The Bertz CT molecular complexity index is 697. The number of sulfonamides is 1. The fraction of sp³-hybridized carbons (Fsp3) is 0.200. The normalized spacial score (nSPS) is 12.9. The highest BCUT2D eigenvalue weighted by atomic mass is 32.2. The van der Waals surface area contributed by atoms with Gasteiger partial charge in [0.1, 0.15) is 5.82 Å². The van der Waals surface area contributed by atoms with Crippen LogP contribution in [0.4, 0.5) is 15.8 Å². The third kappa shape index (κ3) is 4.46. The highest BCUT2D eigenvalue weighted by Gasteiger charge is 2.17. The van der Waals surface area contributed by atoms with Crippen molar-refractivity contribution in [2.75, 3.05) is 16.2 Å². The second kappa shape index (κ2) is 6.13. The molecular weight excluding hydrogens is 291 g/mol. The maximum atomic E-state index is 13.2. The molecule has 21 heavy (non-hydrogen) atoms. The molecule has 0 aliphatic heterocycles. The molecular formula is C15H17FN2O2S. The molecule has 0 aromatic heterocycles. The van der Waals surface area contributed by atoms with Gasteiger partial charge in [0, 0.05) is 5.69 Å². The first-order valence-corrected chi connectivity index (χ1v) is 8.12. The molecule has 0 aliphatic carbocycles. The molecule has 0 fully saturated rings. The first kappa shape index (κ1) is 15.3. The van der Waals surface area contributed by atoms with Crippen LogP contribution in [0.15, 0.2) is 48.5 Å². The minimum absolute atomic E-state index is 0.0898. The van der Waals surface area contributed by atoms with Gasteiger partial charge in [-0.3, -0.25) is 4.72 Å². The van der Waals surface area contributed by atoms with E-state index in [1.165, 1.54) is 6.07 Å². The van der Waals surface area contributed by atoms with Gasteiger partial charge < -0.3 is 5.73 Å². The van der Waals surface area contributed by atoms with Gasteiger partial charge in [0.25, 0.3) is 0 Å². The van der Waals surface area contributed by atoms with Gasteiger partial charge in [0.2, 0.25) is 10.0 Å². The average molecular weight is 308 g/mol. The Hall–Kier alpha value is -2.08. The van der Waals surface area contributed by atoms with E-state index in [1.807, 2.05) is 37.3 Å². The number of nitrogens with one attached hydrogen (secondary N) is 1. The summed E-state index contributed by atoms with van der Waals surface area (Å²) in [5, 5.41) is 0. The average Bonchev–Trinajstić information content (AvgIpc) is 2.37. The summed E-state index contributed by atoms with van der Waals surface area (Å²) in [6.45, 7) is 1.83. The molecule has 0 heterocycles. The summed E-state index contributed by atoms with van der Waals surface area (Å²) >= 11 is 0. The van der Waals surface area contributed by atoms with Crippen molar-refractivity contribution < 1.29 is 12.8 Å². The second-order valence-corrected chi connectivity index (χ2v) is 6.74. The first-order valence-electron chi connectivity index (χ1n) is 6.47. The molecule has 4 nitrogen and oxygen atoms in total. The van der Waals surface area contributed by atoms with Crippen molar-refractivity contribution in [1.29, 1.82) is 0 Å². The summed E-state index contributed by atoms with van der Waals surface area (Å²) in [5.74, 6) is -0.841. The van der Waals surface area contributed by atoms with Gasteiger partial charge >= 0.3 is 0 Å². The van der Waals surface area contributed by atoms with Crippen LogP contribution in [0.25, 0.3) is 0 Å². The largest absolute Gasteiger partial charge is 0.399 e. The van der Waals surface area contributed by atoms with Crippen LogP contribution in [-0.4, -0.2) is 14.2 Å². The van der Waals surface area contributed by atoms with E-state index >= 15 is 0 Å². The predicted molar refractivity (Wildman–Crippen MR) is 83.1 cm³/mol. The van der Waals surface area contributed by atoms with Crippen LogP contribution in [0.5, 0.6) is 0 Å². The van der Waals surface area contributed by atoms with Gasteiger partial charge in [-0.15, -0.1) is 0 Å². The van der Waals surface area contributed by atoms with Gasteiger partial charge in [-0.25, -0.2) is 12.8 Å². The Morgan fingerprint density at radius 1 is 1.19 bits per heavy atom. The van der Waals surface area contributed by atoms with Crippen LogP contribution >= 0.6 is 0 Å². The van der Waals surface area contributed by atoms with Crippen molar-refractivity contribution in [3.8, 4) is 0 Å². The Balaban J connectivity index is 2.12. The van der Waals surface area contributed by atoms with Crippen LogP contribution in [0, 0.1) is 5.82 Å². The molecule has 2 aromatic rings. The predicted octanol–water partition coefficient (Wildman–Crippen LogP) is 2.95. The van der Waals surface area contributed by atoms with Crippen LogP contribution in [0.3, 0.4) is 0 Å². The minimum Gasteiger partial charge on any atom is -0.399 e. The van der Waals surface area contributed by atoms with Crippen LogP contribution in [0.1, 0.15) is 18.4 Å². The van der Waals surface area contributed by atoms with Crippen LogP contribution < -0.4 is 10.5 Å². The third-order valence-electron chi connectivity index (χ3n) is 3.03. The molecule has 112 valence electrons. The van der Waals surface area contributed by atoms with E-state index in [-0.39, 0.29) is 23.0 Å². The highest BCUT2D eigenvalue weighted by Crippen LogP contribution is 2.20. The molecule has 2 aromatic carbocycles. The van der Waals surface area contributed by atoms with E-state index in [4.69, 9.17) is 5.73 Å². The van der Waals surface area contributed by atoms with E-state index in [0.717, 1.165) is 17.7 Å². The summed E-state index contributed by atoms with van der Waals surface area (Å²) in [7, 11) is -3.59. The van der Waals surface area contributed by atoms with Gasteiger partial charge in [0.05, 0.1) is 11.4 Å². The number of nitrogen functional groups attached to an aromatic ring is 1. The summed E-state index contributed by atoms with van der Waals surface area (Å²) in [4.78, 5) is 0. The maximum Gasteiger partial charge on any atom is 0.233 e. The third-order valence-corrected chi connectivity index (χ3v) is 4.52. The van der Waals surface area contributed by atoms with E-state index in [9.17, 15) is 12.8 Å². The van der Waals surface area contributed by atoms with Crippen molar-refractivity contribution in [2.45, 2.75) is 12.8 Å². The molecule has 1 unspecified atom stereocenters. The molecule has 6 heteroatoms. The fourth-order valence-corrected chi connectivity index (χ4v) is 3.51. The lowest BCUT2D eigenvalue weighted by atomic mass is 10.0. The Kier molecular flexibility index (Phi) is 4.47. The van der Waals surface area contributed by atoms with E-state index in [0.29, 0.717) is 0 Å². The van der Waals surface area contributed by atoms with Crippen LogP contribution in [-0.2, 0) is 10.0 Å². The monoisotopic (exact) mass is 308 g/mol. The number of rotatable bonds is 5. The summed E-state index contributed by atoms with van der Waals surface area (Å²) in [5.41, 5.74) is 6.73. The Labute approximate surface area is 123 Å². The molecule has 0 saturated carbocycles. The number of nitrogens with two attached hydrogens (primary N) is 1. The van der Waals surface area contributed by atoms with Gasteiger partial charge in [-0.05, 0) is 29.7 Å². The van der Waals surface area contributed by atoms with E-state index in [1.54, 1.807) is 0 Å². The lowest BCUT2D eigenvalue weighted by molar-refractivity contribution is 0.595. The Morgan fingerprint density at radius 2 is 1.86 bits per heavy atom. The topological polar surface area (TPSA) is 72.2 Å². The minimum atomic E-state index is -3.59. The van der Waals surface area contributed by atoms with E-state index < -0.39 is 15.8 Å². The maximum absolute atomic E-state index is 13.2. The summed E-state index contributed by atoms with van der Waals surface area (Å²) < 4.78 is 39.8. The summed E-state index contributed by atoms with van der Waals surface area (Å²) in [6, 6.07) is 13.0. The number of halogens is 1. The number of hydrogen-bond acceptors (Lipinski definition) is 3. The molecule has 3 N–H and O–H groups in total. The molecule has 2 rings (SSSR count). The SMILES string of the molecule is CC(CS(=O)(=O)Nc1cc(N)cc(F)c1)c1ccccc1. The molecule has 0 spiro atoms. The summed E-state index contributed by atoms with van der Waals surface area (Å²) in [6.07, 6.45) is 0. The smallest absolute Gasteiger partial charge is 0.233 e. The van der Waals surface area contributed by atoms with Crippen molar-refractivity contribution >= 4 is 21.4 Å². The zero-order valence-corrected chi connectivity index (χ0v) is 12.4.